The highest BCUT2D eigenvalue weighted by Gasteiger charge is 2.39. The van der Waals surface area contributed by atoms with Gasteiger partial charge in [-0.3, -0.25) is 14.4 Å². The summed E-state index contributed by atoms with van der Waals surface area (Å²) in [5, 5.41) is 2.91. The normalized spacial score (nSPS) is 28.2. The van der Waals surface area contributed by atoms with Gasteiger partial charge in [0.2, 0.25) is 11.8 Å². The van der Waals surface area contributed by atoms with Crippen LogP contribution >= 0.6 is 0 Å². The van der Waals surface area contributed by atoms with Crippen molar-refractivity contribution in [1.82, 2.24) is 10.2 Å². The maximum atomic E-state index is 13.0. The van der Waals surface area contributed by atoms with E-state index in [9.17, 15) is 14.4 Å². The van der Waals surface area contributed by atoms with Gasteiger partial charge >= 0.3 is 0 Å². The molecule has 3 rings (SSSR count). The van der Waals surface area contributed by atoms with E-state index in [2.05, 4.69) is 5.32 Å². The molecule has 1 saturated carbocycles. The molecule has 27 heavy (non-hydrogen) atoms. The Bertz CT molecular complexity index is 555. The highest BCUT2D eigenvalue weighted by Crippen LogP contribution is 2.31. The highest BCUT2D eigenvalue weighted by molar-refractivity contribution is 5.88. The minimum absolute atomic E-state index is 0.00831. The van der Waals surface area contributed by atoms with E-state index in [-0.39, 0.29) is 43.0 Å². The molecule has 7 nitrogen and oxygen atoms in total. The SMILES string of the molecule is CC1(NC(=O)C(CC(=O)N2CCOCC2)CC2CCCCC2)CC(=O)CO1. The third-order valence-corrected chi connectivity index (χ3v) is 5.97. The number of nitrogens with zero attached hydrogens (tertiary/aromatic N) is 1. The number of Topliss-reactive ketones (excluding diaryl/α,β-unsaturated/α-hetero) is 1. The lowest BCUT2D eigenvalue weighted by molar-refractivity contribution is -0.142. The topological polar surface area (TPSA) is 84.9 Å². The molecule has 1 N–H and O–H groups in total. The van der Waals surface area contributed by atoms with Crippen LogP contribution in [0.1, 0.15) is 58.3 Å². The zero-order valence-electron chi connectivity index (χ0n) is 16.3. The van der Waals surface area contributed by atoms with Crippen LogP contribution in [0.4, 0.5) is 0 Å². The molecule has 0 radical (unpaired) electrons. The van der Waals surface area contributed by atoms with Crippen LogP contribution < -0.4 is 5.32 Å². The molecule has 0 aromatic rings. The van der Waals surface area contributed by atoms with Crippen molar-refractivity contribution >= 4 is 17.6 Å². The molecule has 0 bridgehead atoms. The molecule has 3 fully saturated rings. The second kappa shape index (κ2) is 9.15. The van der Waals surface area contributed by atoms with Crippen molar-refractivity contribution in [3.63, 3.8) is 0 Å². The standard InChI is InChI=1S/C20H32N2O5/c1-20(13-17(23)14-27-20)21-19(25)16(11-15-5-3-2-4-6-15)12-18(24)22-7-9-26-10-8-22/h15-16H,2-14H2,1H3,(H,21,25). The molecule has 2 aliphatic heterocycles. The van der Waals surface area contributed by atoms with Gasteiger partial charge in [-0.05, 0) is 19.3 Å². The van der Waals surface area contributed by atoms with Gasteiger partial charge in [-0.15, -0.1) is 0 Å². The van der Waals surface area contributed by atoms with Crippen LogP contribution in [0, 0.1) is 11.8 Å². The third-order valence-electron chi connectivity index (χ3n) is 5.97. The molecule has 0 aromatic carbocycles. The van der Waals surface area contributed by atoms with Gasteiger partial charge in [-0.25, -0.2) is 0 Å². The lowest BCUT2D eigenvalue weighted by Gasteiger charge is -2.32. The molecule has 1 aliphatic carbocycles. The lowest BCUT2D eigenvalue weighted by atomic mass is 9.81. The first-order valence-electron chi connectivity index (χ1n) is 10.3. The maximum Gasteiger partial charge on any atom is 0.225 e. The minimum atomic E-state index is -0.943. The average Bonchev–Trinajstić information content (AvgIpc) is 3.01. The van der Waals surface area contributed by atoms with E-state index in [1.54, 1.807) is 11.8 Å². The van der Waals surface area contributed by atoms with E-state index in [0.29, 0.717) is 32.2 Å². The predicted octanol–water partition coefficient (Wildman–Crippen LogP) is 1.64. The summed E-state index contributed by atoms with van der Waals surface area (Å²) in [4.78, 5) is 39.1. The number of amides is 2. The van der Waals surface area contributed by atoms with Gasteiger partial charge in [-0.1, -0.05) is 32.1 Å². The van der Waals surface area contributed by atoms with Crippen LogP contribution in [0.2, 0.25) is 0 Å². The molecule has 3 aliphatic rings. The summed E-state index contributed by atoms with van der Waals surface area (Å²) in [7, 11) is 0. The first-order valence-corrected chi connectivity index (χ1v) is 10.3. The summed E-state index contributed by atoms with van der Waals surface area (Å²) in [5.74, 6) is -0.0428. The number of rotatable bonds is 6. The number of carbonyl (C=O) groups is 3. The summed E-state index contributed by atoms with van der Waals surface area (Å²) < 4.78 is 10.8. The van der Waals surface area contributed by atoms with Crippen molar-refractivity contribution in [2.45, 2.75) is 64.0 Å². The zero-order valence-corrected chi connectivity index (χ0v) is 16.3. The number of morpholine rings is 1. The van der Waals surface area contributed by atoms with Crippen molar-refractivity contribution in [3.8, 4) is 0 Å². The fourth-order valence-electron chi connectivity index (χ4n) is 4.42. The van der Waals surface area contributed by atoms with Crippen molar-refractivity contribution < 1.29 is 23.9 Å². The van der Waals surface area contributed by atoms with E-state index in [1.807, 2.05) is 0 Å². The molecular formula is C20H32N2O5. The highest BCUT2D eigenvalue weighted by atomic mass is 16.5. The van der Waals surface area contributed by atoms with Crippen LogP contribution in [0.3, 0.4) is 0 Å². The Kier molecular flexibility index (Phi) is 6.87. The largest absolute Gasteiger partial charge is 0.378 e. The summed E-state index contributed by atoms with van der Waals surface area (Å²) in [6.45, 7) is 4.06. The Morgan fingerprint density at radius 1 is 1.22 bits per heavy atom. The van der Waals surface area contributed by atoms with E-state index in [1.165, 1.54) is 19.3 Å². The third kappa shape index (κ3) is 5.75. The van der Waals surface area contributed by atoms with Crippen molar-refractivity contribution in [2.75, 3.05) is 32.9 Å². The summed E-state index contributed by atoms with van der Waals surface area (Å²) in [6, 6.07) is 0. The van der Waals surface area contributed by atoms with Crippen LogP contribution in [0.15, 0.2) is 0 Å². The second-order valence-electron chi connectivity index (χ2n) is 8.36. The van der Waals surface area contributed by atoms with Gasteiger partial charge in [0.25, 0.3) is 0 Å². The van der Waals surface area contributed by atoms with Gasteiger partial charge in [-0.2, -0.15) is 0 Å². The molecule has 7 heteroatoms. The summed E-state index contributed by atoms with van der Waals surface area (Å²) in [6.07, 6.45) is 7.04. The number of hydrogen-bond donors (Lipinski definition) is 1. The summed E-state index contributed by atoms with van der Waals surface area (Å²) in [5.41, 5.74) is -0.943. The molecule has 152 valence electrons. The molecule has 2 saturated heterocycles. The minimum Gasteiger partial charge on any atom is -0.378 e. The van der Waals surface area contributed by atoms with Crippen molar-refractivity contribution in [1.29, 1.82) is 0 Å². The van der Waals surface area contributed by atoms with Crippen molar-refractivity contribution in [2.24, 2.45) is 11.8 Å². The van der Waals surface area contributed by atoms with Crippen LogP contribution in [0.5, 0.6) is 0 Å². The average molecular weight is 380 g/mol. The lowest BCUT2D eigenvalue weighted by Crippen LogP contribution is -2.49. The van der Waals surface area contributed by atoms with E-state index in [4.69, 9.17) is 9.47 Å². The molecular weight excluding hydrogens is 348 g/mol. The monoisotopic (exact) mass is 380 g/mol. The fraction of sp³-hybridized carbons (Fsp3) is 0.850. The van der Waals surface area contributed by atoms with E-state index < -0.39 is 5.72 Å². The Balaban J connectivity index is 1.63. The number of ketones is 1. The Morgan fingerprint density at radius 2 is 1.93 bits per heavy atom. The fourth-order valence-corrected chi connectivity index (χ4v) is 4.42. The van der Waals surface area contributed by atoms with Crippen LogP contribution in [-0.2, 0) is 23.9 Å². The maximum absolute atomic E-state index is 13.0. The Hall–Kier alpha value is -1.47. The molecule has 0 aromatic heterocycles. The molecule has 0 spiro atoms. The first kappa shape index (κ1) is 20.3. The second-order valence-corrected chi connectivity index (χ2v) is 8.36. The smallest absolute Gasteiger partial charge is 0.225 e. The Labute approximate surface area is 161 Å². The quantitative estimate of drug-likeness (QED) is 0.757. The van der Waals surface area contributed by atoms with E-state index >= 15 is 0 Å². The van der Waals surface area contributed by atoms with Crippen LogP contribution in [-0.4, -0.2) is 61.1 Å². The number of hydrogen-bond acceptors (Lipinski definition) is 5. The van der Waals surface area contributed by atoms with Gasteiger partial charge in [0.05, 0.1) is 19.6 Å². The molecule has 2 heterocycles. The van der Waals surface area contributed by atoms with E-state index in [0.717, 1.165) is 19.3 Å². The number of ether oxygens (including phenoxy) is 2. The van der Waals surface area contributed by atoms with Crippen LogP contribution in [0.25, 0.3) is 0 Å². The predicted molar refractivity (Wildman–Crippen MR) is 98.8 cm³/mol. The van der Waals surface area contributed by atoms with Gasteiger partial charge in [0.15, 0.2) is 5.78 Å². The molecule has 2 amide bonds. The van der Waals surface area contributed by atoms with Gasteiger partial charge in [0.1, 0.15) is 12.3 Å². The van der Waals surface area contributed by atoms with Gasteiger partial charge in [0, 0.05) is 25.4 Å². The Morgan fingerprint density at radius 3 is 2.56 bits per heavy atom. The number of carbonyl (C=O) groups excluding carboxylic acids is 3. The first-order chi connectivity index (χ1) is 13.0. The molecule has 2 atom stereocenters. The van der Waals surface area contributed by atoms with Gasteiger partial charge < -0.3 is 19.7 Å². The summed E-state index contributed by atoms with van der Waals surface area (Å²) >= 11 is 0. The molecule has 2 unspecified atom stereocenters. The zero-order chi connectivity index (χ0) is 19.3. The van der Waals surface area contributed by atoms with Crippen molar-refractivity contribution in [3.05, 3.63) is 0 Å². The number of nitrogens with one attached hydrogen (secondary N) is 1.